The number of alkyl halides is 3. The molecule has 2 aromatic heterocycles. The third-order valence-electron chi connectivity index (χ3n) is 3.69. The van der Waals surface area contributed by atoms with E-state index in [4.69, 9.17) is 16.3 Å². The number of aryl methyl sites for hydroxylation is 1. The number of morpholine rings is 1. The molecule has 24 heavy (non-hydrogen) atoms. The van der Waals surface area contributed by atoms with Crippen molar-refractivity contribution in [1.82, 2.24) is 20.2 Å². The molecule has 0 saturated carbocycles. The van der Waals surface area contributed by atoms with Gasteiger partial charge in [0, 0.05) is 19.2 Å². The molecule has 1 saturated heterocycles. The van der Waals surface area contributed by atoms with Crippen LogP contribution in [-0.4, -0.2) is 39.9 Å². The van der Waals surface area contributed by atoms with Gasteiger partial charge in [-0.2, -0.15) is 18.3 Å². The Kier molecular flexibility index (Phi) is 4.64. The minimum atomic E-state index is -4.47. The first-order valence-electron chi connectivity index (χ1n) is 7.39. The third-order valence-corrected chi connectivity index (χ3v) is 3.97. The number of nitrogens with one attached hydrogen (secondary N) is 1. The fourth-order valence-electron chi connectivity index (χ4n) is 2.43. The van der Waals surface area contributed by atoms with Crippen molar-refractivity contribution >= 4 is 17.4 Å². The van der Waals surface area contributed by atoms with Crippen molar-refractivity contribution < 1.29 is 17.9 Å². The van der Waals surface area contributed by atoms with Gasteiger partial charge in [-0.3, -0.25) is 5.10 Å². The van der Waals surface area contributed by atoms with Crippen molar-refractivity contribution in [3.05, 3.63) is 34.5 Å². The van der Waals surface area contributed by atoms with Crippen LogP contribution in [0.5, 0.6) is 0 Å². The number of rotatable bonds is 3. The van der Waals surface area contributed by atoms with Crippen molar-refractivity contribution in [2.75, 3.05) is 24.6 Å². The molecule has 10 heteroatoms. The summed E-state index contributed by atoms with van der Waals surface area (Å²) in [4.78, 5) is 9.99. The molecular formula is C14H15ClF3N5O. The lowest BCUT2D eigenvalue weighted by molar-refractivity contribution is -0.137. The molecule has 1 aliphatic rings. The van der Waals surface area contributed by atoms with Crippen LogP contribution >= 0.6 is 11.6 Å². The lowest BCUT2D eigenvalue weighted by Crippen LogP contribution is -2.39. The van der Waals surface area contributed by atoms with Gasteiger partial charge in [-0.15, -0.1) is 0 Å². The number of pyridine rings is 1. The molecule has 2 aromatic rings. The van der Waals surface area contributed by atoms with Crippen molar-refractivity contribution in [1.29, 1.82) is 0 Å². The normalized spacial score (nSPS) is 18.9. The van der Waals surface area contributed by atoms with Crippen LogP contribution in [0.1, 0.15) is 30.2 Å². The first-order valence-corrected chi connectivity index (χ1v) is 7.76. The van der Waals surface area contributed by atoms with E-state index in [1.807, 2.05) is 6.92 Å². The summed E-state index contributed by atoms with van der Waals surface area (Å²) < 4.78 is 43.8. The quantitative estimate of drug-likeness (QED) is 0.910. The standard InChI is InChI=1S/C14H15ClF3N5O/c1-2-11-20-12(22-21-11)10-7-23(3-4-24-10)13-9(15)5-8(6-19-13)14(16,17)18/h5-6,10H,2-4,7H2,1H3,(H,20,21,22). The van der Waals surface area contributed by atoms with E-state index < -0.39 is 17.8 Å². The van der Waals surface area contributed by atoms with Crippen LogP contribution in [0.4, 0.5) is 19.0 Å². The predicted octanol–water partition coefficient (Wildman–Crippen LogP) is 3.01. The lowest BCUT2D eigenvalue weighted by Gasteiger charge is -2.33. The van der Waals surface area contributed by atoms with Gasteiger partial charge in [0.05, 0.1) is 23.7 Å². The molecule has 3 rings (SSSR count). The summed E-state index contributed by atoms with van der Waals surface area (Å²) in [5.41, 5.74) is -0.873. The Morgan fingerprint density at radius 1 is 1.46 bits per heavy atom. The maximum absolute atomic E-state index is 12.7. The molecule has 0 aromatic carbocycles. The van der Waals surface area contributed by atoms with E-state index >= 15 is 0 Å². The summed E-state index contributed by atoms with van der Waals surface area (Å²) in [6.07, 6.45) is -3.36. The Balaban J connectivity index is 1.79. The van der Waals surface area contributed by atoms with E-state index in [0.717, 1.165) is 24.5 Å². The largest absolute Gasteiger partial charge is 0.417 e. The third kappa shape index (κ3) is 3.46. The van der Waals surface area contributed by atoms with Crippen molar-refractivity contribution in [3.8, 4) is 0 Å². The molecule has 1 unspecified atom stereocenters. The molecule has 1 N–H and O–H groups in total. The highest BCUT2D eigenvalue weighted by atomic mass is 35.5. The number of nitrogens with zero attached hydrogens (tertiary/aromatic N) is 4. The molecule has 1 aliphatic heterocycles. The first-order chi connectivity index (χ1) is 11.4. The van der Waals surface area contributed by atoms with Crippen LogP contribution in [-0.2, 0) is 17.3 Å². The Labute approximate surface area is 141 Å². The lowest BCUT2D eigenvalue weighted by atomic mass is 10.2. The number of hydrogen-bond donors (Lipinski definition) is 1. The molecule has 130 valence electrons. The van der Waals surface area contributed by atoms with Crippen LogP contribution in [0, 0.1) is 0 Å². The zero-order chi connectivity index (χ0) is 17.3. The Morgan fingerprint density at radius 2 is 2.25 bits per heavy atom. The van der Waals surface area contributed by atoms with Gasteiger partial charge in [-0.05, 0) is 6.07 Å². The molecular weight excluding hydrogens is 347 g/mol. The van der Waals surface area contributed by atoms with E-state index in [1.165, 1.54) is 0 Å². The highest BCUT2D eigenvalue weighted by Gasteiger charge is 2.33. The average Bonchev–Trinajstić information content (AvgIpc) is 3.03. The van der Waals surface area contributed by atoms with E-state index in [1.54, 1.807) is 4.90 Å². The molecule has 0 radical (unpaired) electrons. The molecule has 0 bridgehead atoms. The molecule has 0 aliphatic carbocycles. The Bertz CT molecular complexity index is 721. The average molecular weight is 362 g/mol. The second-order valence-corrected chi connectivity index (χ2v) is 5.73. The summed E-state index contributed by atoms with van der Waals surface area (Å²) in [5.74, 6) is 1.56. The zero-order valence-electron chi connectivity index (χ0n) is 12.8. The second-order valence-electron chi connectivity index (χ2n) is 5.33. The summed E-state index contributed by atoms with van der Waals surface area (Å²) in [6, 6.07) is 0.885. The smallest absolute Gasteiger partial charge is 0.366 e. The highest BCUT2D eigenvalue weighted by molar-refractivity contribution is 6.33. The molecule has 6 nitrogen and oxygen atoms in total. The maximum Gasteiger partial charge on any atom is 0.417 e. The maximum atomic E-state index is 12.7. The first kappa shape index (κ1) is 17.0. The fourth-order valence-corrected chi connectivity index (χ4v) is 2.71. The molecule has 0 amide bonds. The number of H-pyrrole nitrogens is 1. The summed E-state index contributed by atoms with van der Waals surface area (Å²) >= 11 is 6.01. The minimum Gasteiger partial charge on any atom is -0.366 e. The van der Waals surface area contributed by atoms with Crippen LogP contribution in [0.2, 0.25) is 5.02 Å². The highest BCUT2D eigenvalue weighted by Crippen LogP contribution is 2.34. The second kappa shape index (κ2) is 6.56. The van der Waals surface area contributed by atoms with Crippen molar-refractivity contribution in [3.63, 3.8) is 0 Å². The van der Waals surface area contributed by atoms with E-state index in [0.29, 0.717) is 31.3 Å². The van der Waals surface area contributed by atoms with Gasteiger partial charge in [0.15, 0.2) is 5.82 Å². The van der Waals surface area contributed by atoms with Crippen molar-refractivity contribution in [2.45, 2.75) is 25.6 Å². The number of anilines is 1. The number of hydrogen-bond acceptors (Lipinski definition) is 5. The predicted molar refractivity (Wildman–Crippen MR) is 80.9 cm³/mol. The van der Waals surface area contributed by atoms with E-state index in [2.05, 4.69) is 20.2 Å². The SMILES string of the molecule is CCc1nc(C2CN(c3ncc(C(F)(F)F)cc3Cl)CCO2)n[nH]1. The molecule has 0 spiro atoms. The summed E-state index contributed by atoms with van der Waals surface area (Å²) in [5, 5.41) is 6.89. The monoisotopic (exact) mass is 361 g/mol. The zero-order valence-corrected chi connectivity index (χ0v) is 13.5. The van der Waals surface area contributed by atoms with Gasteiger partial charge in [-0.25, -0.2) is 9.97 Å². The van der Waals surface area contributed by atoms with Gasteiger partial charge in [0.2, 0.25) is 0 Å². The van der Waals surface area contributed by atoms with Gasteiger partial charge >= 0.3 is 6.18 Å². The minimum absolute atomic E-state index is 0.0466. The topological polar surface area (TPSA) is 66.9 Å². The number of aromatic nitrogens is 4. The van der Waals surface area contributed by atoms with Gasteiger partial charge in [-0.1, -0.05) is 18.5 Å². The number of ether oxygens (including phenoxy) is 1. The Hall–Kier alpha value is -1.87. The molecule has 1 atom stereocenters. The number of aromatic amines is 1. The summed E-state index contributed by atoms with van der Waals surface area (Å²) in [6.45, 7) is 3.16. The molecule has 3 heterocycles. The van der Waals surface area contributed by atoms with Gasteiger partial charge in [0.25, 0.3) is 0 Å². The van der Waals surface area contributed by atoms with Crippen LogP contribution in [0.3, 0.4) is 0 Å². The van der Waals surface area contributed by atoms with E-state index in [9.17, 15) is 13.2 Å². The molecule has 1 fully saturated rings. The van der Waals surface area contributed by atoms with Gasteiger partial charge < -0.3 is 9.64 Å². The van der Waals surface area contributed by atoms with Gasteiger partial charge in [0.1, 0.15) is 17.7 Å². The van der Waals surface area contributed by atoms with Crippen LogP contribution in [0.15, 0.2) is 12.3 Å². The fraction of sp³-hybridized carbons (Fsp3) is 0.500. The summed E-state index contributed by atoms with van der Waals surface area (Å²) in [7, 11) is 0. The van der Waals surface area contributed by atoms with Crippen LogP contribution < -0.4 is 4.90 Å². The number of halogens is 4. The Morgan fingerprint density at radius 3 is 2.88 bits per heavy atom. The van der Waals surface area contributed by atoms with Crippen LogP contribution in [0.25, 0.3) is 0 Å². The van der Waals surface area contributed by atoms with Crippen molar-refractivity contribution in [2.24, 2.45) is 0 Å². The van der Waals surface area contributed by atoms with E-state index in [-0.39, 0.29) is 5.02 Å².